The van der Waals surface area contributed by atoms with Crippen LogP contribution in [0.1, 0.15) is 43.9 Å². The maximum Gasteiger partial charge on any atom is 0.317 e. The molecule has 176 valence electrons. The predicted molar refractivity (Wildman–Crippen MR) is 125 cm³/mol. The van der Waals surface area contributed by atoms with E-state index in [-0.39, 0.29) is 18.1 Å². The van der Waals surface area contributed by atoms with Crippen molar-refractivity contribution in [2.75, 3.05) is 12.4 Å². The van der Waals surface area contributed by atoms with Crippen LogP contribution in [-0.4, -0.2) is 36.5 Å². The topological polar surface area (TPSA) is 90.9 Å². The molecule has 7 nitrogen and oxygen atoms in total. The molecular weight excluding hydrogens is 422 g/mol. The Morgan fingerprint density at radius 3 is 2.39 bits per heavy atom. The molecule has 0 aliphatic carbocycles. The molecule has 0 saturated carbocycles. The van der Waals surface area contributed by atoms with Gasteiger partial charge in [0.25, 0.3) is 5.91 Å². The summed E-state index contributed by atoms with van der Waals surface area (Å²) in [7, 11) is 1.51. The van der Waals surface area contributed by atoms with Crippen LogP contribution in [0.3, 0.4) is 0 Å². The molecule has 0 bridgehead atoms. The maximum absolute atomic E-state index is 12.9. The van der Waals surface area contributed by atoms with Crippen molar-refractivity contribution in [1.82, 2.24) is 0 Å². The Balaban J connectivity index is 1.77. The molecular formula is C26H31NO6. The lowest BCUT2D eigenvalue weighted by Crippen LogP contribution is -2.32. The Labute approximate surface area is 194 Å². The number of anilines is 1. The number of hydrogen-bond acceptors (Lipinski definition) is 6. The average Bonchev–Trinajstić information content (AvgIpc) is 2.94. The molecule has 1 heterocycles. The molecule has 1 amide bonds. The zero-order valence-corrected chi connectivity index (χ0v) is 20.0. The molecule has 2 aromatic carbocycles. The SMILES string of the molecule is CCC(Oc1ccc(C)cc1C)C(=O)Nc1ccc(OC)c(CC2C(=O)OC(C)(C)C2=O)c1. The molecule has 0 radical (unpaired) electrons. The Morgan fingerprint density at radius 2 is 1.82 bits per heavy atom. The van der Waals surface area contributed by atoms with E-state index in [1.54, 1.807) is 32.0 Å². The summed E-state index contributed by atoms with van der Waals surface area (Å²) >= 11 is 0. The van der Waals surface area contributed by atoms with Crippen LogP contribution >= 0.6 is 0 Å². The van der Waals surface area contributed by atoms with Crippen LogP contribution in [0.5, 0.6) is 11.5 Å². The van der Waals surface area contributed by atoms with Crippen molar-refractivity contribution in [3.05, 3.63) is 53.1 Å². The number of methoxy groups -OCH3 is 1. The van der Waals surface area contributed by atoms with Gasteiger partial charge in [0.1, 0.15) is 17.4 Å². The van der Waals surface area contributed by atoms with Gasteiger partial charge in [0.05, 0.1) is 7.11 Å². The van der Waals surface area contributed by atoms with Crippen molar-refractivity contribution in [2.24, 2.45) is 5.92 Å². The number of ether oxygens (including phenoxy) is 3. The molecule has 3 rings (SSSR count). The van der Waals surface area contributed by atoms with Crippen molar-refractivity contribution >= 4 is 23.3 Å². The van der Waals surface area contributed by atoms with Crippen LogP contribution in [0.2, 0.25) is 0 Å². The highest BCUT2D eigenvalue weighted by atomic mass is 16.6. The third kappa shape index (κ3) is 5.35. The lowest BCUT2D eigenvalue weighted by molar-refractivity contribution is -0.149. The van der Waals surface area contributed by atoms with E-state index >= 15 is 0 Å². The summed E-state index contributed by atoms with van der Waals surface area (Å²) in [4.78, 5) is 37.8. The summed E-state index contributed by atoms with van der Waals surface area (Å²) in [6.45, 7) is 9.00. The number of ketones is 1. The molecule has 1 saturated heterocycles. The number of Topliss-reactive ketones (excluding diaryl/α,β-unsaturated/α-hetero) is 1. The highest BCUT2D eigenvalue weighted by molar-refractivity contribution is 6.08. The molecule has 1 aliphatic rings. The van der Waals surface area contributed by atoms with Gasteiger partial charge in [0.2, 0.25) is 0 Å². The van der Waals surface area contributed by atoms with E-state index in [4.69, 9.17) is 14.2 Å². The fourth-order valence-corrected chi connectivity index (χ4v) is 3.94. The maximum atomic E-state index is 12.9. The van der Waals surface area contributed by atoms with Gasteiger partial charge >= 0.3 is 5.97 Å². The molecule has 2 unspecified atom stereocenters. The lowest BCUT2D eigenvalue weighted by atomic mass is 9.90. The van der Waals surface area contributed by atoms with E-state index in [1.807, 2.05) is 39.0 Å². The van der Waals surface area contributed by atoms with Crippen LogP contribution in [0.15, 0.2) is 36.4 Å². The average molecular weight is 454 g/mol. The van der Waals surface area contributed by atoms with E-state index in [0.29, 0.717) is 29.2 Å². The second-order valence-corrected chi connectivity index (χ2v) is 8.85. The van der Waals surface area contributed by atoms with Crippen molar-refractivity contribution in [1.29, 1.82) is 0 Å². The highest BCUT2D eigenvalue weighted by Crippen LogP contribution is 2.33. The molecule has 0 spiro atoms. The van der Waals surface area contributed by atoms with Crippen LogP contribution < -0.4 is 14.8 Å². The quantitative estimate of drug-likeness (QED) is 0.477. The molecule has 0 aromatic heterocycles. The van der Waals surface area contributed by atoms with E-state index < -0.39 is 23.6 Å². The van der Waals surface area contributed by atoms with Gasteiger partial charge in [-0.3, -0.25) is 14.4 Å². The van der Waals surface area contributed by atoms with E-state index in [0.717, 1.165) is 11.1 Å². The second-order valence-electron chi connectivity index (χ2n) is 8.85. The number of aryl methyl sites for hydroxylation is 2. The summed E-state index contributed by atoms with van der Waals surface area (Å²) in [6, 6.07) is 10.9. The van der Waals surface area contributed by atoms with Gasteiger partial charge in [-0.1, -0.05) is 24.6 Å². The number of carbonyl (C=O) groups is 3. The first-order valence-corrected chi connectivity index (χ1v) is 11.0. The first-order chi connectivity index (χ1) is 15.6. The van der Waals surface area contributed by atoms with E-state index in [2.05, 4.69) is 5.32 Å². The highest BCUT2D eigenvalue weighted by Gasteiger charge is 2.49. The van der Waals surface area contributed by atoms with Crippen molar-refractivity contribution in [2.45, 2.75) is 59.2 Å². The van der Waals surface area contributed by atoms with Gasteiger partial charge in [0.15, 0.2) is 17.5 Å². The standard InChI is InChI=1S/C26H31NO6/c1-7-20(32-21-10-8-15(2)12-16(21)3)24(29)27-18-9-11-22(31-6)17(13-18)14-19-23(28)26(4,5)33-25(19)30/h8-13,19-20H,7,14H2,1-6H3,(H,27,29). The van der Waals surface area contributed by atoms with Gasteiger partial charge in [0, 0.05) is 5.69 Å². The van der Waals surface area contributed by atoms with E-state index in [9.17, 15) is 14.4 Å². The Hall–Kier alpha value is -3.35. The summed E-state index contributed by atoms with van der Waals surface area (Å²) < 4.78 is 16.6. The normalized spacial score (nSPS) is 17.9. The first kappa shape index (κ1) is 24.3. The number of esters is 1. The number of cyclic esters (lactones) is 1. The van der Waals surface area contributed by atoms with Gasteiger partial charge < -0.3 is 19.5 Å². The predicted octanol–water partition coefficient (Wildman–Crippen LogP) is 4.17. The first-order valence-electron chi connectivity index (χ1n) is 11.0. The minimum Gasteiger partial charge on any atom is -0.496 e. The number of amides is 1. The summed E-state index contributed by atoms with van der Waals surface area (Å²) in [6.07, 6.45) is -0.0617. The Morgan fingerprint density at radius 1 is 1.12 bits per heavy atom. The zero-order valence-electron chi connectivity index (χ0n) is 20.0. The lowest BCUT2D eigenvalue weighted by Gasteiger charge is -2.19. The summed E-state index contributed by atoms with van der Waals surface area (Å²) in [5, 5.41) is 2.88. The number of rotatable bonds is 8. The second kappa shape index (κ2) is 9.65. The molecule has 2 atom stereocenters. The molecule has 2 aromatic rings. The Kier molecular flexibility index (Phi) is 7.10. The third-order valence-electron chi connectivity index (χ3n) is 5.79. The minimum absolute atomic E-state index is 0.129. The van der Waals surface area contributed by atoms with Crippen molar-refractivity contribution in [3.63, 3.8) is 0 Å². The van der Waals surface area contributed by atoms with Gasteiger partial charge in [-0.15, -0.1) is 0 Å². The van der Waals surface area contributed by atoms with Crippen LogP contribution in [0, 0.1) is 19.8 Å². The van der Waals surface area contributed by atoms with Crippen molar-refractivity contribution in [3.8, 4) is 11.5 Å². The number of carbonyl (C=O) groups excluding carboxylic acids is 3. The fraction of sp³-hybridized carbons (Fsp3) is 0.423. The summed E-state index contributed by atoms with van der Waals surface area (Å²) in [5.41, 5.74) is 2.10. The van der Waals surface area contributed by atoms with E-state index in [1.165, 1.54) is 7.11 Å². The summed E-state index contributed by atoms with van der Waals surface area (Å²) in [5.74, 6) is -0.816. The van der Waals surface area contributed by atoms with Crippen LogP contribution in [0.4, 0.5) is 5.69 Å². The van der Waals surface area contributed by atoms with Gasteiger partial charge in [-0.25, -0.2) is 0 Å². The van der Waals surface area contributed by atoms with Gasteiger partial charge in [-0.05, 0) is 75.9 Å². The number of nitrogens with one attached hydrogen (secondary N) is 1. The monoisotopic (exact) mass is 453 g/mol. The minimum atomic E-state index is -1.14. The van der Waals surface area contributed by atoms with Crippen molar-refractivity contribution < 1.29 is 28.6 Å². The molecule has 33 heavy (non-hydrogen) atoms. The van der Waals surface area contributed by atoms with Gasteiger partial charge in [-0.2, -0.15) is 0 Å². The largest absolute Gasteiger partial charge is 0.496 e. The number of hydrogen-bond donors (Lipinski definition) is 1. The third-order valence-corrected chi connectivity index (χ3v) is 5.79. The molecule has 7 heteroatoms. The zero-order chi connectivity index (χ0) is 24.3. The molecule has 1 aliphatic heterocycles. The number of benzene rings is 2. The fourth-order valence-electron chi connectivity index (χ4n) is 3.94. The van der Waals surface area contributed by atoms with Crippen LogP contribution in [-0.2, 0) is 25.5 Å². The Bertz CT molecular complexity index is 1070. The smallest absolute Gasteiger partial charge is 0.317 e. The molecule has 1 fully saturated rings. The van der Waals surface area contributed by atoms with Crippen LogP contribution in [0.25, 0.3) is 0 Å². The molecule has 1 N–H and O–H groups in total.